The molecule has 3 rings (SSSR count). The van der Waals surface area contributed by atoms with Crippen LogP contribution in [0.1, 0.15) is 24.8 Å². The summed E-state index contributed by atoms with van der Waals surface area (Å²) in [5.74, 6) is 0. The average molecular weight is 202 g/mol. The Labute approximate surface area is 91.1 Å². The van der Waals surface area contributed by atoms with Crippen molar-refractivity contribution < 1.29 is 0 Å². The fraction of sp³-hybridized carbons (Fsp3) is 0.538. The second-order valence-corrected chi connectivity index (χ2v) is 5.15. The zero-order valence-electron chi connectivity index (χ0n) is 9.02. The van der Waals surface area contributed by atoms with Crippen molar-refractivity contribution in [3.63, 3.8) is 0 Å². The third-order valence-electron chi connectivity index (χ3n) is 3.88. The van der Waals surface area contributed by atoms with Gasteiger partial charge < -0.3 is 5.73 Å². The number of fused-ring (bicyclic) bond motifs is 2. The fourth-order valence-electron chi connectivity index (χ4n) is 3.12. The molecule has 1 aromatic carbocycles. The topological polar surface area (TPSA) is 29.3 Å². The summed E-state index contributed by atoms with van der Waals surface area (Å²) in [6, 6.07) is 11.5. The van der Waals surface area contributed by atoms with Gasteiger partial charge in [0.2, 0.25) is 0 Å². The highest BCUT2D eigenvalue weighted by molar-refractivity contribution is 5.16. The summed E-state index contributed by atoms with van der Waals surface area (Å²) < 4.78 is 0. The van der Waals surface area contributed by atoms with Crippen LogP contribution in [0.5, 0.6) is 0 Å². The highest BCUT2D eigenvalue weighted by atomic mass is 15.2. The number of rotatable bonds is 2. The van der Waals surface area contributed by atoms with Crippen LogP contribution in [0.3, 0.4) is 0 Å². The van der Waals surface area contributed by atoms with E-state index >= 15 is 0 Å². The number of nitrogens with two attached hydrogens (primary N) is 1. The maximum Gasteiger partial charge on any atom is 0.0299 e. The van der Waals surface area contributed by atoms with E-state index in [1.54, 1.807) is 0 Å². The molecule has 2 N–H and O–H groups in total. The van der Waals surface area contributed by atoms with E-state index in [1.165, 1.54) is 24.8 Å². The minimum atomic E-state index is 0.138. The Kier molecular flexibility index (Phi) is 2.08. The Hall–Kier alpha value is -0.860. The molecule has 80 valence electrons. The monoisotopic (exact) mass is 202 g/mol. The van der Waals surface area contributed by atoms with Gasteiger partial charge in [-0.05, 0) is 24.8 Å². The first kappa shape index (κ1) is 9.37. The SMILES string of the molecule is N[C@@]12CC[C@@H](C1)N(Cc1ccccc1)C2. The summed E-state index contributed by atoms with van der Waals surface area (Å²) in [6.45, 7) is 2.16. The zero-order chi connectivity index (χ0) is 10.3. The van der Waals surface area contributed by atoms with Crippen molar-refractivity contribution in [2.45, 2.75) is 37.4 Å². The van der Waals surface area contributed by atoms with Crippen LogP contribution in [0, 0.1) is 0 Å². The number of likely N-dealkylation sites (tertiary alicyclic amines) is 1. The lowest BCUT2D eigenvalue weighted by Crippen LogP contribution is -2.44. The van der Waals surface area contributed by atoms with E-state index in [0.29, 0.717) is 0 Å². The third kappa shape index (κ3) is 1.68. The Bertz CT molecular complexity index is 349. The summed E-state index contributed by atoms with van der Waals surface area (Å²) in [5.41, 5.74) is 7.85. The molecule has 1 saturated heterocycles. The molecule has 15 heavy (non-hydrogen) atoms. The smallest absolute Gasteiger partial charge is 0.0299 e. The van der Waals surface area contributed by atoms with Crippen molar-refractivity contribution in [3.05, 3.63) is 35.9 Å². The molecular formula is C13H18N2. The molecule has 0 amide bonds. The van der Waals surface area contributed by atoms with Gasteiger partial charge in [-0.3, -0.25) is 4.90 Å². The van der Waals surface area contributed by atoms with E-state index in [2.05, 4.69) is 35.2 Å². The van der Waals surface area contributed by atoms with Crippen LogP contribution in [0.25, 0.3) is 0 Å². The molecule has 0 radical (unpaired) electrons. The molecule has 1 saturated carbocycles. The van der Waals surface area contributed by atoms with E-state index in [4.69, 9.17) is 5.73 Å². The van der Waals surface area contributed by atoms with Crippen molar-refractivity contribution in [1.29, 1.82) is 0 Å². The van der Waals surface area contributed by atoms with Crippen LogP contribution in [-0.2, 0) is 6.54 Å². The molecule has 1 heterocycles. The van der Waals surface area contributed by atoms with Crippen LogP contribution in [-0.4, -0.2) is 23.0 Å². The molecule has 2 aliphatic rings. The summed E-state index contributed by atoms with van der Waals surface area (Å²) in [6.07, 6.45) is 3.73. The van der Waals surface area contributed by atoms with Crippen molar-refractivity contribution in [1.82, 2.24) is 4.90 Å². The zero-order valence-corrected chi connectivity index (χ0v) is 9.02. The lowest BCUT2D eigenvalue weighted by atomic mass is 10.0. The molecule has 0 unspecified atom stereocenters. The predicted octanol–water partition coefficient (Wildman–Crippen LogP) is 1.75. The minimum absolute atomic E-state index is 0.138. The lowest BCUT2D eigenvalue weighted by molar-refractivity contribution is 0.195. The third-order valence-corrected chi connectivity index (χ3v) is 3.88. The normalized spacial score (nSPS) is 34.9. The second kappa shape index (κ2) is 3.32. The summed E-state index contributed by atoms with van der Waals surface area (Å²) >= 11 is 0. The number of hydrogen-bond acceptors (Lipinski definition) is 2. The van der Waals surface area contributed by atoms with Gasteiger partial charge in [-0.25, -0.2) is 0 Å². The Morgan fingerprint density at radius 1 is 1.33 bits per heavy atom. The first-order valence-corrected chi connectivity index (χ1v) is 5.82. The number of nitrogens with zero attached hydrogens (tertiary/aromatic N) is 1. The van der Waals surface area contributed by atoms with E-state index in [9.17, 15) is 0 Å². The van der Waals surface area contributed by atoms with Gasteiger partial charge in [0, 0.05) is 24.7 Å². The fourth-order valence-corrected chi connectivity index (χ4v) is 3.12. The van der Waals surface area contributed by atoms with Gasteiger partial charge in [0.05, 0.1) is 0 Å². The van der Waals surface area contributed by atoms with Gasteiger partial charge in [-0.15, -0.1) is 0 Å². The molecule has 1 aliphatic heterocycles. The Morgan fingerprint density at radius 2 is 2.13 bits per heavy atom. The maximum absolute atomic E-state index is 6.30. The molecule has 0 spiro atoms. The summed E-state index contributed by atoms with van der Waals surface area (Å²) in [5, 5.41) is 0. The van der Waals surface area contributed by atoms with Crippen LogP contribution < -0.4 is 5.73 Å². The van der Waals surface area contributed by atoms with Gasteiger partial charge in [0.1, 0.15) is 0 Å². The second-order valence-electron chi connectivity index (χ2n) is 5.15. The molecule has 0 aromatic heterocycles. The number of piperidine rings is 1. The molecule has 2 heteroatoms. The highest BCUT2D eigenvalue weighted by Gasteiger charge is 2.46. The molecule has 2 nitrogen and oxygen atoms in total. The number of hydrogen-bond donors (Lipinski definition) is 1. The Balaban J connectivity index is 1.71. The minimum Gasteiger partial charge on any atom is -0.324 e. The van der Waals surface area contributed by atoms with Crippen molar-refractivity contribution in [2.24, 2.45) is 5.73 Å². The largest absolute Gasteiger partial charge is 0.324 e. The van der Waals surface area contributed by atoms with E-state index in [-0.39, 0.29) is 5.54 Å². The Morgan fingerprint density at radius 3 is 2.73 bits per heavy atom. The van der Waals surface area contributed by atoms with Crippen molar-refractivity contribution in [2.75, 3.05) is 6.54 Å². The maximum atomic E-state index is 6.30. The van der Waals surface area contributed by atoms with E-state index in [0.717, 1.165) is 19.1 Å². The molecule has 1 aromatic rings. The van der Waals surface area contributed by atoms with Crippen LogP contribution in [0.2, 0.25) is 0 Å². The van der Waals surface area contributed by atoms with Crippen molar-refractivity contribution in [3.8, 4) is 0 Å². The van der Waals surface area contributed by atoms with Crippen LogP contribution in [0.4, 0.5) is 0 Å². The average Bonchev–Trinajstić information content (AvgIpc) is 2.74. The predicted molar refractivity (Wildman–Crippen MR) is 61.4 cm³/mol. The van der Waals surface area contributed by atoms with E-state index in [1.807, 2.05) is 0 Å². The first-order valence-electron chi connectivity index (χ1n) is 5.82. The van der Waals surface area contributed by atoms with Crippen LogP contribution >= 0.6 is 0 Å². The molecule has 2 atom stereocenters. The van der Waals surface area contributed by atoms with Crippen LogP contribution in [0.15, 0.2) is 30.3 Å². The first-order chi connectivity index (χ1) is 7.25. The lowest BCUT2D eigenvalue weighted by Gasteiger charge is -2.30. The van der Waals surface area contributed by atoms with Gasteiger partial charge in [0.25, 0.3) is 0 Å². The standard InChI is InChI=1S/C13H18N2/c14-13-7-6-12(8-13)15(10-13)9-11-4-2-1-3-5-11/h1-5,12H,6-10,14H2/t12-,13-/m0/s1. The van der Waals surface area contributed by atoms with E-state index < -0.39 is 0 Å². The summed E-state index contributed by atoms with van der Waals surface area (Å²) in [4.78, 5) is 2.55. The molecular weight excluding hydrogens is 184 g/mol. The summed E-state index contributed by atoms with van der Waals surface area (Å²) in [7, 11) is 0. The van der Waals surface area contributed by atoms with Gasteiger partial charge >= 0.3 is 0 Å². The highest BCUT2D eigenvalue weighted by Crippen LogP contribution is 2.39. The van der Waals surface area contributed by atoms with Gasteiger partial charge in [-0.1, -0.05) is 30.3 Å². The quantitative estimate of drug-likeness (QED) is 0.791. The van der Waals surface area contributed by atoms with Crippen molar-refractivity contribution >= 4 is 0 Å². The van der Waals surface area contributed by atoms with Gasteiger partial charge in [0.15, 0.2) is 0 Å². The number of benzene rings is 1. The molecule has 2 fully saturated rings. The van der Waals surface area contributed by atoms with Gasteiger partial charge in [-0.2, -0.15) is 0 Å². The molecule has 1 aliphatic carbocycles. The molecule has 2 bridgehead atoms.